The van der Waals surface area contributed by atoms with Crippen molar-refractivity contribution in [3.8, 4) is 0 Å². The van der Waals surface area contributed by atoms with Gasteiger partial charge in [0.2, 0.25) is 10.0 Å². The second-order valence-electron chi connectivity index (χ2n) is 7.52. The summed E-state index contributed by atoms with van der Waals surface area (Å²) in [6, 6.07) is 8.70. The van der Waals surface area contributed by atoms with Gasteiger partial charge in [0.25, 0.3) is 0 Å². The first-order chi connectivity index (χ1) is 14.3. The maximum absolute atomic E-state index is 12.6. The number of nitrogens with one attached hydrogen (secondary N) is 2. The van der Waals surface area contributed by atoms with Crippen molar-refractivity contribution >= 4 is 27.5 Å². The van der Waals surface area contributed by atoms with Gasteiger partial charge in [0.1, 0.15) is 4.90 Å². The van der Waals surface area contributed by atoms with Crippen LogP contribution in [-0.4, -0.2) is 49.2 Å². The molecule has 1 aliphatic rings. The summed E-state index contributed by atoms with van der Waals surface area (Å²) in [7, 11) is -3.55. The molecule has 160 valence electrons. The van der Waals surface area contributed by atoms with Gasteiger partial charge in [0.05, 0.1) is 0 Å². The Morgan fingerprint density at radius 1 is 1.13 bits per heavy atom. The summed E-state index contributed by atoms with van der Waals surface area (Å²) >= 11 is 0. The highest BCUT2D eigenvalue weighted by Crippen LogP contribution is 2.23. The first-order valence-corrected chi connectivity index (χ1v) is 11.3. The molecule has 0 saturated carbocycles. The zero-order valence-electron chi connectivity index (χ0n) is 17.1. The average Bonchev–Trinajstić information content (AvgIpc) is 2.75. The molecule has 2 heterocycles. The lowest BCUT2D eigenvalue weighted by molar-refractivity contribution is -0.136. The third kappa shape index (κ3) is 5.22. The predicted molar refractivity (Wildman–Crippen MR) is 113 cm³/mol. The Morgan fingerprint density at radius 3 is 2.50 bits per heavy atom. The molecule has 0 bridgehead atoms. The second-order valence-corrected chi connectivity index (χ2v) is 9.46. The van der Waals surface area contributed by atoms with Crippen LogP contribution in [0.1, 0.15) is 24.0 Å². The zero-order valence-corrected chi connectivity index (χ0v) is 17.9. The molecule has 0 atom stereocenters. The summed E-state index contributed by atoms with van der Waals surface area (Å²) < 4.78 is 26.7. The van der Waals surface area contributed by atoms with E-state index in [1.807, 2.05) is 26.0 Å². The van der Waals surface area contributed by atoms with Crippen molar-refractivity contribution < 1.29 is 18.0 Å². The molecule has 0 spiro atoms. The molecule has 8 nitrogen and oxygen atoms in total. The Labute approximate surface area is 176 Å². The van der Waals surface area contributed by atoms with Gasteiger partial charge < -0.3 is 10.6 Å². The van der Waals surface area contributed by atoms with Crippen molar-refractivity contribution in [1.82, 2.24) is 14.6 Å². The number of aromatic nitrogens is 1. The van der Waals surface area contributed by atoms with E-state index >= 15 is 0 Å². The Morgan fingerprint density at radius 2 is 1.87 bits per heavy atom. The normalized spacial score (nSPS) is 15.5. The highest BCUT2D eigenvalue weighted by molar-refractivity contribution is 7.89. The number of sulfonamides is 1. The molecular formula is C21H26N4O4S. The smallest absolute Gasteiger partial charge is 0.313 e. The lowest BCUT2D eigenvalue weighted by atomic mass is 9.98. The van der Waals surface area contributed by atoms with E-state index in [2.05, 4.69) is 15.6 Å². The number of carbonyl (C=O) groups is 2. The lowest BCUT2D eigenvalue weighted by Crippen LogP contribution is -2.43. The molecule has 0 unspecified atom stereocenters. The van der Waals surface area contributed by atoms with Crippen LogP contribution < -0.4 is 10.6 Å². The standard InChI is InChI=1S/C21H26N4O4S/c1-15-5-6-19(16(2)12-15)24-21(27)20(26)23-13-17-7-10-25(11-8-17)30(28,29)18-4-3-9-22-14-18/h3-6,9,12,14,17H,7-8,10-11,13H2,1-2H3,(H,23,26)(H,24,27). The lowest BCUT2D eigenvalue weighted by Gasteiger charge is -2.31. The van der Waals surface area contributed by atoms with Crippen LogP contribution in [0, 0.1) is 19.8 Å². The van der Waals surface area contributed by atoms with E-state index in [9.17, 15) is 18.0 Å². The van der Waals surface area contributed by atoms with Gasteiger partial charge in [-0.3, -0.25) is 14.6 Å². The van der Waals surface area contributed by atoms with Gasteiger partial charge in [-0.25, -0.2) is 8.42 Å². The summed E-state index contributed by atoms with van der Waals surface area (Å²) in [5, 5.41) is 5.29. The average molecular weight is 431 g/mol. The summed E-state index contributed by atoms with van der Waals surface area (Å²) in [5.74, 6) is -1.29. The van der Waals surface area contributed by atoms with Crippen molar-refractivity contribution in [3.05, 3.63) is 53.9 Å². The van der Waals surface area contributed by atoms with Crippen LogP contribution in [0.15, 0.2) is 47.6 Å². The molecule has 3 rings (SSSR count). The fraction of sp³-hybridized carbons (Fsp3) is 0.381. The molecule has 1 fully saturated rings. The van der Waals surface area contributed by atoms with Crippen molar-refractivity contribution in [2.75, 3.05) is 25.0 Å². The zero-order chi connectivity index (χ0) is 21.7. The predicted octanol–water partition coefficient (Wildman–Crippen LogP) is 1.85. The summed E-state index contributed by atoms with van der Waals surface area (Å²) in [6.45, 7) is 4.89. The minimum atomic E-state index is -3.55. The molecular weight excluding hydrogens is 404 g/mol. The minimum Gasteiger partial charge on any atom is -0.348 e. The van der Waals surface area contributed by atoms with Gasteiger partial charge in [-0.2, -0.15) is 4.31 Å². The molecule has 1 aliphatic heterocycles. The summed E-state index contributed by atoms with van der Waals surface area (Å²) in [5.41, 5.74) is 2.57. The quantitative estimate of drug-likeness (QED) is 0.704. The molecule has 1 saturated heterocycles. The molecule has 2 aromatic rings. The monoisotopic (exact) mass is 430 g/mol. The van der Waals surface area contributed by atoms with Crippen LogP contribution in [0.25, 0.3) is 0 Å². The van der Waals surface area contributed by atoms with Crippen LogP contribution in [0.2, 0.25) is 0 Å². The van der Waals surface area contributed by atoms with Gasteiger partial charge in [0, 0.05) is 37.7 Å². The first-order valence-electron chi connectivity index (χ1n) is 9.84. The summed E-state index contributed by atoms with van der Waals surface area (Å²) in [6.07, 6.45) is 4.09. The van der Waals surface area contributed by atoms with E-state index in [-0.39, 0.29) is 10.8 Å². The van der Waals surface area contributed by atoms with Crippen LogP contribution >= 0.6 is 0 Å². The topological polar surface area (TPSA) is 108 Å². The number of piperidine rings is 1. The Kier molecular flexibility index (Phi) is 6.84. The first kappa shape index (κ1) is 21.9. The highest BCUT2D eigenvalue weighted by Gasteiger charge is 2.30. The fourth-order valence-electron chi connectivity index (χ4n) is 3.45. The number of amides is 2. The van der Waals surface area contributed by atoms with Gasteiger partial charge in [-0.05, 0) is 56.4 Å². The number of benzene rings is 1. The fourth-order valence-corrected chi connectivity index (χ4v) is 4.89. The number of nitrogens with zero attached hydrogens (tertiary/aromatic N) is 2. The maximum atomic E-state index is 12.6. The molecule has 9 heteroatoms. The van der Waals surface area contributed by atoms with Gasteiger partial charge in [-0.1, -0.05) is 17.7 Å². The van der Waals surface area contributed by atoms with Crippen molar-refractivity contribution in [2.45, 2.75) is 31.6 Å². The molecule has 1 aromatic heterocycles. The Hall–Kier alpha value is -2.78. The molecule has 2 amide bonds. The highest BCUT2D eigenvalue weighted by atomic mass is 32.2. The van der Waals surface area contributed by atoms with Crippen LogP contribution in [-0.2, 0) is 19.6 Å². The van der Waals surface area contributed by atoms with Crippen molar-refractivity contribution in [2.24, 2.45) is 5.92 Å². The molecule has 1 aromatic carbocycles. The second kappa shape index (κ2) is 9.36. The van der Waals surface area contributed by atoms with E-state index in [4.69, 9.17) is 0 Å². The summed E-state index contributed by atoms with van der Waals surface area (Å²) in [4.78, 5) is 28.3. The molecule has 0 radical (unpaired) electrons. The van der Waals surface area contributed by atoms with Crippen LogP contribution in [0.3, 0.4) is 0 Å². The van der Waals surface area contributed by atoms with Gasteiger partial charge in [-0.15, -0.1) is 0 Å². The molecule has 30 heavy (non-hydrogen) atoms. The number of pyridine rings is 1. The number of carbonyl (C=O) groups excluding carboxylic acids is 2. The Balaban J connectivity index is 1.47. The third-order valence-electron chi connectivity index (χ3n) is 5.23. The van der Waals surface area contributed by atoms with Crippen molar-refractivity contribution in [3.63, 3.8) is 0 Å². The van der Waals surface area contributed by atoms with Gasteiger partial charge in [0.15, 0.2) is 0 Å². The number of hydrogen-bond donors (Lipinski definition) is 2. The Bertz CT molecular complexity index is 1020. The number of anilines is 1. The van der Waals surface area contributed by atoms with Gasteiger partial charge >= 0.3 is 11.8 Å². The minimum absolute atomic E-state index is 0.114. The van der Waals surface area contributed by atoms with E-state index in [0.29, 0.717) is 38.2 Å². The van der Waals surface area contributed by atoms with E-state index in [1.165, 1.54) is 22.8 Å². The van der Waals surface area contributed by atoms with E-state index in [0.717, 1.165) is 11.1 Å². The largest absolute Gasteiger partial charge is 0.348 e. The van der Waals surface area contributed by atoms with Crippen molar-refractivity contribution in [1.29, 1.82) is 0 Å². The van der Waals surface area contributed by atoms with Crippen LogP contribution in [0.5, 0.6) is 0 Å². The SMILES string of the molecule is Cc1ccc(NC(=O)C(=O)NCC2CCN(S(=O)(=O)c3cccnc3)CC2)c(C)c1. The molecule has 2 N–H and O–H groups in total. The third-order valence-corrected chi connectivity index (χ3v) is 7.12. The maximum Gasteiger partial charge on any atom is 0.313 e. The number of aryl methyl sites for hydroxylation is 2. The number of hydrogen-bond acceptors (Lipinski definition) is 5. The van der Waals surface area contributed by atoms with Crippen LogP contribution in [0.4, 0.5) is 5.69 Å². The molecule has 0 aliphatic carbocycles. The van der Waals surface area contributed by atoms with E-state index < -0.39 is 21.8 Å². The van der Waals surface area contributed by atoms with E-state index in [1.54, 1.807) is 12.1 Å². The number of rotatable bonds is 5.